The predicted molar refractivity (Wildman–Crippen MR) is 138 cm³/mol. The fourth-order valence-electron chi connectivity index (χ4n) is 3.46. The molecule has 2 unspecified atom stereocenters. The Morgan fingerprint density at radius 2 is 1.81 bits per heavy atom. The third kappa shape index (κ3) is 9.98. The van der Waals surface area contributed by atoms with Crippen molar-refractivity contribution in [3.05, 3.63) is 34.9 Å². The van der Waals surface area contributed by atoms with Crippen LogP contribution >= 0.6 is 0 Å². The number of nitrogens with one attached hydrogen (secondary N) is 2. The molecule has 0 aliphatic rings. The fourth-order valence-corrected chi connectivity index (χ4v) is 3.46. The summed E-state index contributed by atoms with van der Waals surface area (Å²) < 4.78 is 5.27. The summed E-state index contributed by atoms with van der Waals surface area (Å²) in [5.74, 6) is -1.81. The number of ether oxygens (including phenoxy) is 1. The Morgan fingerprint density at radius 1 is 1.14 bits per heavy atom. The van der Waals surface area contributed by atoms with E-state index in [-0.39, 0.29) is 12.8 Å². The lowest BCUT2D eigenvalue weighted by Crippen LogP contribution is -2.51. The van der Waals surface area contributed by atoms with Crippen molar-refractivity contribution in [2.75, 3.05) is 6.54 Å². The van der Waals surface area contributed by atoms with Gasteiger partial charge in [-0.1, -0.05) is 44.4 Å². The molecular formula is C27H40N4O5. The number of carbonyl (C=O) groups is 4. The number of hydrogen-bond acceptors (Lipinski definition) is 5. The first kappa shape index (κ1) is 30.5. The number of benzene rings is 1. The molecule has 0 bridgehead atoms. The summed E-state index contributed by atoms with van der Waals surface area (Å²) in [7, 11) is 0. The highest BCUT2D eigenvalue weighted by Crippen LogP contribution is 2.25. The van der Waals surface area contributed by atoms with Gasteiger partial charge in [0.05, 0.1) is 0 Å². The molecule has 4 N–H and O–H groups in total. The molecule has 0 saturated carbocycles. The van der Waals surface area contributed by atoms with Gasteiger partial charge in [-0.15, -0.1) is 0 Å². The Hall–Kier alpha value is -3.54. The van der Waals surface area contributed by atoms with E-state index in [2.05, 4.69) is 23.6 Å². The molecule has 9 heteroatoms. The SMILES string of the molecule is C#CN(C(=O)C(CCC(N)=O)NC(=O)OC(C)(C)C)C(C(=O)NCCCCC)c1ccc(C)c(C)c1. The van der Waals surface area contributed by atoms with Crippen LogP contribution in [-0.2, 0) is 19.1 Å². The monoisotopic (exact) mass is 500 g/mol. The van der Waals surface area contributed by atoms with Crippen LogP contribution in [0.2, 0.25) is 0 Å². The number of primary amides is 1. The van der Waals surface area contributed by atoms with Gasteiger partial charge in [0.2, 0.25) is 11.8 Å². The van der Waals surface area contributed by atoms with Gasteiger partial charge in [0.25, 0.3) is 5.91 Å². The molecule has 4 amide bonds. The van der Waals surface area contributed by atoms with Gasteiger partial charge < -0.3 is 21.1 Å². The van der Waals surface area contributed by atoms with Crippen LogP contribution in [0.5, 0.6) is 0 Å². The van der Waals surface area contributed by atoms with E-state index in [1.54, 1.807) is 26.8 Å². The maximum Gasteiger partial charge on any atom is 0.408 e. The lowest BCUT2D eigenvalue weighted by molar-refractivity contribution is -0.138. The Morgan fingerprint density at radius 3 is 2.33 bits per heavy atom. The summed E-state index contributed by atoms with van der Waals surface area (Å²) in [6.45, 7) is 11.4. The number of hydrogen-bond donors (Lipinski definition) is 3. The average molecular weight is 501 g/mol. The van der Waals surface area contributed by atoms with Crippen molar-refractivity contribution in [3.63, 3.8) is 0 Å². The highest BCUT2D eigenvalue weighted by molar-refractivity contribution is 5.93. The van der Waals surface area contributed by atoms with Gasteiger partial charge in [-0.25, -0.2) is 4.79 Å². The summed E-state index contributed by atoms with van der Waals surface area (Å²) in [4.78, 5) is 51.8. The van der Waals surface area contributed by atoms with Gasteiger partial charge in [-0.2, -0.15) is 0 Å². The smallest absolute Gasteiger partial charge is 0.408 e. The molecule has 0 aromatic heterocycles. The van der Waals surface area contributed by atoms with E-state index in [0.717, 1.165) is 35.3 Å². The zero-order valence-electron chi connectivity index (χ0n) is 22.3. The molecule has 0 radical (unpaired) electrons. The van der Waals surface area contributed by atoms with Crippen LogP contribution in [-0.4, -0.2) is 46.9 Å². The van der Waals surface area contributed by atoms with Crippen LogP contribution in [0.4, 0.5) is 4.79 Å². The summed E-state index contributed by atoms with van der Waals surface area (Å²) >= 11 is 0. The molecule has 1 aromatic rings. The second kappa shape index (κ2) is 14.1. The molecule has 1 rings (SSSR count). The second-order valence-electron chi connectivity index (χ2n) is 9.79. The Bertz CT molecular complexity index is 977. The topological polar surface area (TPSA) is 131 Å². The van der Waals surface area contributed by atoms with E-state index < -0.39 is 41.5 Å². The lowest BCUT2D eigenvalue weighted by Gasteiger charge is -2.30. The molecule has 0 aliphatic carbocycles. The number of carbonyl (C=O) groups excluding carboxylic acids is 4. The largest absolute Gasteiger partial charge is 0.444 e. The molecule has 1 aromatic carbocycles. The van der Waals surface area contributed by atoms with Gasteiger partial charge >= 0.3 is 6.09 Å². The highest BCUT2D eigenvalue weighted by Gasteiger charge is 2.36. The Kier molecular flexibility index (Phi) is 12.0. The van der Waals surface area contributed by atoms with E-state index in [1.165, 1.54) is 0 Å². The van der Waals surface area contributed by atoms with E-state index in [4.69, 9.17) is 16.9 Å². The van der Waals surface area contributed by atoms with E-state index in [1.807, 2.05) is 26.0 Å². The lowest BCUT2D eigenvalue weighted by atomic mass is 9.98. The van der Waals surface area contributed by atoms with E-state index in [9.17, 15) is 19.2 Å². The molecule has 2 atom stereocenters. The highest BCUT2D eigenvalue weighted by atomic mass is 16.6. The zero-order chi connectivity index (χ0) is 27.5. The number of nitrogens with two attached hydrogens (primary N) is 1. The predicted octanol–water partition coefficient (Wildman–Crippen LogP) is 3.23. The minimum atomic E-state index is -1.23. The molecule has 0 spiro atoms. The molecule has 198 valence electrons. The van der Waals surface area contributed by atoms with Crippen molar-refractivity contribution in [3.8, 4) is 12.5 Å². The minimum Gasteiger partial charge on any atom is -0.444 e. The van der Waals surface area contributed by atoms with Crippen molar-refractivity contribution < 1.29 is 23.9 Å². The number of alkyl carbamates (subject to hydrolysis) is 1. The van der Waals surface area contributed by atoms with Crippen LogP contribution < -0.4 is 16.4 Å². The maximum absolute atomic E-state index is 13.6. The van der Waals surface area contributed by atoms with Crippen molar-refractivity contribution in [2.45, 2.75) is 91.3 Å². The standard InChI is InChI=1S/C27H40N4O5/c1-8-10-11-16-29-24(33)23(20-13-12-18(3)19(4)17-20)31(9-2)25(34)21(14-15-22(28)32)30-26(35)36-27(5,6)7/h2,12-13,17,21,23H,8,10-11,14-16H2,1,3-7H3,(H2,28,32)(H,29,33)(H,30,35). The van der Waals surface area contributed by atoms with Crippen LogP contribution in [0.1, 0.15) is 82.5 Å². The fraction of sp³-hybridized carbons (Fsp3) is 0.556. The van der Waals surface area contributed by atoms with E-state index in [0.29, 0.717) is 12.1 Å². The molecule has 0 heterocycles. The number of rotatable bonds is 12. The average Bonchev–Trinajstić information content (AvgIpc) is 2.77. The number of unbranched alkanes of at least 4 members (excludes halogenated alkanes) is 2. The molecule has 0 saturated heterocycles. The first-order chi connectivity index (χ1) is 16.8. The number of aryl methyl sites for hydroxylation is 2. The van der Waals surface area contributed by atoms with E-state index >= 15 is 0 Å². The van der Waals surface area contributed by atoms with Crippen molar-refractivity contribution >= 4 is 23.8 Å². The third-order valence-corrected chi connectivity index (χ3v) is 5.48. The third-order valence-electron chi connectivity index (χ3n) is 5.48. The van der Waals surface area contributed by atoms with Gasteiger partial charge in [0.15, 0.2) is 0 Å². The minimum absolute atomic E-state index is 0.108. The van der Waals surface area contributed by atoms with Crippen LogP contribution in [0.25, 0.3) is 0 Å². The summed E-state index contributed by atoms with van der Waals surface area (Å²) in [5.41, 5.74) is 6.95. The summed E-state index contributed by atoms with van der Waals surface area (Å²) in [5, 5.41) is 5.35. The number of amides is 4. The summed E-state index contributed by atoms with van der Waals surface area (Å²) in [6.07, 6.45) is 7.34. The first-order valence-corrected chi connectivity index (χ1v) is 12.2. The summed E-state index contributed by atoms with van der Waals surface area (Å²) in [6, 6.07) is 5.36. The first-order valence-electron chi connectivity index (χ1n) is 12.2. The van der Waals surface area contributed by atoms with Crippen molar-refractivity contribution in [2.24, 2.45) is 5.73 Å². The molecular weight excluding hydrogens is 460 g/mol. The van der Waals surface area contributed by atoms with Crippen molar-refractivity contribution in [1.82, 2.24) is 15.5 Å². The van der Waals surface area contributed by atoms with Crippen LogP contribution in [0, 0.1) is 26.3 Å². The van der Waals surface area contributed by atoms with Gasteiger partial charge in [0.1, 0.15) is 17.7 Å². The maximum atomic E-state index is 13.6. The quantitative estimate of drug-likeness (QED) is 0.230. The van der Waals surface area contributed by atoms with Crippen molar-refractivity contribution in [1.29, 1.82) is 0 Å². The Labute approximate surface area is 214 Å². The molecule has 0 aliphatic heterocycles. The number of nitrogens with zero attached hydrogens (tertiary/aromatic N) is 1. The molecule has 9 nitrogen and oxygen atoms in total. The van der Waals surface area contributed by atoms with Crippen LogP contribution in [0.3, 0.4) is 0 Å². The van der Waals surface area contributed by atoms with Crippen LogP contribution in [0.15, 0.2) is 18.2 Å². The number of terminal acetylenes is 1. The zero-order valence-corrected chi connectivity index (χ0v) is 22.3. The molecule has 0 fully saturated rings. The van der Waals surface area contributed by atoms with Gasteiger partial charge in [0, 0.05) is 19.0 Å². The Balaban J connectivity index is 3.36. The van der Waals surface area contributed by atoms with Gasteiger partial charge in [-0.3, -0.25) is 19.3 Å². The van der Waals surface area contributed by atoms with Gasteiger partial charge in [-0.05, 0) is 64.2 Å². The second-order valence-corrected chi connectivity index (χ2v) is 9.79. The normalized spacial score (nSPS) is 12.6. The molecule has 36 heavy (non-hydrogen) atoms.